The second-order valence-electron chi connectivity index (χ2n) is 3.65. The Labute approximate surface area is 107 Å². The minimum Gasteiger partial charge on any atom is -0.274 e. The molecule has 17 heavy (non-hydrogen) atoms. The van der Waals surface area contributed by atoms with Gasteiger partial charge in [0.05, 0.1) is 0 Å². The van der Waals surface area contributed by atoms with Crippen molar-refractivity contribution in [3.8, 4) is 0 Å². The minimum absolute atomic E-state index is 0.0887. The van der Waals surface area contributed by atoms with Gasteiger partial charge in [-0.15, -0.1) is 0 Å². The molecule has 0 N–H and O–H groups in total. The Hall–Kier alpha value is -0.950. The second-order valence-corrected chi connectivity index (χ2v) is 6.33. The van der Waals surface area contributed by atoms with E-state index in [0.29, 0.717) is 6.42 Å². The first-order chi connectivity index (χ1) is 7.93. The molecule has 0 aromatic heterocycles. The van der Waals surface area contributed by atoms with Gasteiger partial charge in [-0.1, -0.05) is 0 Å². The van der Waals surface area contributed by atoms with E-state index in [2.05, 4.69) is 15.9 Å². The SMILES string of the molecule is O=C1CCCN1S(=O)(=O)c1ccc(F)cc1Br. The first-order valence-electron chi connectivity index (χ1n) is 4.93. The Kier molecular flexibility index (Phi) is 3.22. The maximum Gasteiger partial charge on any atom is 0.267 e. The Morgan fingerprint density at radius 2 is 2.06 bits per heavy atom. The van der Waals surface area contributed by atoms with Crippen molar-refractivity contribution in [2.75, 3.05) is 6.54 Å². The fourth-order valence-electron chi connectivity index (χ4n) is 1.68. The van der Waals surface area contributed by atoms with Gasteiger partial charge in [0.1, 0.15) is 10.7 Å². The van der Waals surface area contributed by atoms with Crippen LogP contribution in [0.4, 0.5) is 4.39 Å². The molecule has 0 bridgehead atoms. The number of benzene rings is 1. The molecule has 2 rings (SSSR count). The summed E-state index contributed by atoms with van der Waals surface area (Å²) in [4.78, 5) is 11.3. The van der Waals surface area contributed by atoms with Crippen LogP contribution in [0, 0.1) is 5.82 Å². The zero-order chi connectivity index (χ0) is 12.6. The highest BCUT2D eigenvalue weighted by molar-refractivity contribution is 9.10. The van der Waals surface area contributed by atoms with Crippen LogP contribution in [0.2, 0.25) is 0 Å². The van der Waals surface area contributed by atoms with E-state index in [4.69, 9.17) is 0 Å². The number of halogens is 2. The van der Waals surface area contributed by atoms with Crippen molar-refractivity contribution in [3.05, 3.63) is 28.5 Å². The van der Waals surface area contributed by atoms with Crippen molar-refractivity contribution in [1.82, 2.24) is 4.31 Å². The Balaban J connectivity index is 2.48. The summed E-state index contributed by atoms with van der Waals surface area (Å²) < 4.78 is 38.1. The summed E-state index contributed by atoms with van der Waals surface area (Å²) in [6.45, 7) is 0.185. The lowest BCUT2D eigenvalue weighted by atomic mass is 10.3. The number of hydrogen-bond donors (Lipinski definition) is 0. The van der Waals surface area contributed by atoms with E-state index in [-0.39, 0.29) is 22.3 Å². The van der Waals surface area contributed by atoms with Gasteiger partial charge in [-0.3, -0.25) is 4.79 Å². The molecule has 0 spiro atoms. The number of hydrogen-bond acceptors (Lipinski definition) is 3. The van der Waals surface area contributed by atoms with E-state index in [9.17, 15) is 17.6 Å². The van der Waals surface area contributed by atoms with Gasteiger partial charge < -0.3 is 0 Å². The van der Waals surface area contributed by atoms with Crippen LogP contribution in [0.5, 0.6) is 0 Å². The molecule has 1 fully saturated rings. The molecule has 1 aliphatic heterocycles. The molecule has 1 aromatic rings. The van der Waals surface area contributed by atoms with Gasteiger partial charge in [0.2, 0.25) is 5.91 Å². The maximum absolute atomic E-state index is 12.9. The normalized spacial score (nSPS) is 16.6. The number of carbonyl (C=O) groups is 1. The largest absolute Gasteiger partial charge is 0.274 e. The van der Waals surface area contributed by atoms with E-state index in [0.717, 1.165) is 22.5 Å². The Morgan fingerprint density at radius 3 is 2.59 bits per heavy atom. The lowest BCUT2D eigenvalue weighted by Gasteiger charge is -2.16. The lowest BCUT2D eigenvalue weighted by Crippen LogP contribution is -2.32. The molecule has 1 saturated heterocycles. The number of nitrogens with zero attached hydrogens (tertiary/aromatic N) is 1. The van der Waals surface area contributed by atoms with Crippen LogP contribution in [0.3, 0.4) is 0 Å². The van der Waals surface area contributed by atoms with E-state index < -0.39 is 21.7 Å². The second kappa shape index (κ2) is 4.38. The van der Waals surface area contributed by atoms with Crippen LogP contribution >= 0.6 is 15.9 Å². The highest BCUT2D eigenvalue weighted by atomic mass is 79.9. The van der Waals surface area contributed by atoms with Gasteiger partial charge in [0.15, 0.2) is 0 Å². The van der Waals surface area contributed by atoms with Gasteiger partial charge in [-0.05, 0) is 40.5 Å². The van der Waals surface area contributed by atoms with E-state index >= 15 is 0 Å². The van der Waals surface area contributed by atoms with Crippen molar-refractivity contribution < 1.29 is 17.6 Å². The molecule has 1 aromatic carbocycles. The summed E-state index contributed by atoms with van der Waals surface area (Å²) in [5.74, 6) is -0.954. The summed E-state index contributed by atoms with van der Waals surface area (Å²) in [5, 5.41) is 0. The van der Waals surface area contributed by atoms with Crippen LogP contribution in [-0.4, -0.2) is 25.2 Å². The predicted molar refractivity (Wildman–Crippen MR) is 62.2 cm³/mol. The van der Waals surface area contributed by atoms with Crippen LogP contribution in [0.15, 0.2) is 27.6 Å². The van der Waals surface area contributed by atoms with Gasteiger partial charge in [0, 0.05) is 17.4 Å². The molecule has 7 heteroatoms. The first-order valence-corrected chi connectivity index (χ1v) is 7.17. The minimum atomic E-state index is -3.87. The average Bonchev–Trinajstić information content (AvgIpc) is 2.64. The molecule has 0 atom stereocenters. The molecule has 0 saturated carbocycles. The monoisotopic (exact) mass is 321 g/mol. The van der Waals surface area contributed by atoms with E-state index in [1.165, 1.54) is 0 Å². The Bertz CT molecular complexity index is 573. The van der Waals surface area contributed by atoms with Crippen LogP contribution in [-0.2, 0) is 14.8 Å². The number of amides is 1. The third kappa shape index (κ3) is 2.21. The zero-order valence-electron chi connectivity index (χ0n) is 8.69. The summed E-state index contributed by atoms with van der Waals surface area (Å²) >= 11 is 2.99. The highest BCUT2D eigenvalue weighted by Gasteiger charge is 2.33. The average molecular weight is 322 g/mol. The summed E-state index contributed by atoms with van der Waals surface area (Å²) in [6, 6.07) is 3.27. The number of rotatable bonds is 2. The first kappa shape index (κ1) is 12.5. The maximum atomic E-state index is 12.9. The molecular weight excluding hydrogens is 313 g/mol. The van der Waals surface area contributed by atoms with Gasteiger partial charge in [0.25, 0.3) is 10.0 Å². The third-order valence-electron chi connectivity index (χ3n) is 2.49. The molecule has 0 aliphatic carbocycles. The van der Waals surface area contributed by atoms with Crippen molar-refractivity contribution in [2.45, 2.75) is 17.7 Å². The molecular formula is C10H9BrFNO3S. The Morgan fingerprint density at radius 1 is 1.35 bits per heavy atom. The summed E-state index contributed by atoms with van der Waals surface area (Å²) in [5.41, 5.74) is 0. The predicted octanol–water partition coefficient (Wildman–Crippen LogP) is 1.90. The van der Waals surface area contributed by atoms with Crippen molar-refractivity contribution in [2.24, 2.45) is 0 Å². The third-order valence-corrected chi connectivity index (χ3v) is 5.29. The highest BCUT2D eigenvalue weighted by Crippen LogP contribution is 2.28. The van der Waals surface area contributed by atoms with Gasteiger partial charge in [-0.2, -0.15) is 0 Å². The fraction of sp³-hybridized carbons (Fsp3) is 0.300. The lowest BCUT2D eigenvalue weighted by molar-refractivity contribution is -0.123. The number of carbonyl (C=O) groups excluding carboxylic acids is 1. The van der Waals surface area contributed by atoms with Crippen molar-refractivity contribution >= 4 is 31.9 Å². The van der Waals surface area contributed by atoms with Gasteiger partial charge >= 0.3 is 0 Å². The van der Waals surface area contributed by atoms with Crippen LogP contribution in [0.25, 0.3) is 0 Å². The molecule has 4 nitrogen and oxygen atoms in total. The van der Waals surface area contributed by atoms with Crippen LogP contribution in [0.1, 0.15) is 12.8 Å². The molecule has 1 aliphatic rings. The summed E-state index contributed by atoms with van der Waals surface area (Å²) in [7, 11) is -3.87. The molecule has 1 heterocycles. The smallest absolute Gasteiger partial charge is 0.267 e. The molecule has 92 valence electrons. The van der Waals surface area contributed by atoms with Gasteiger partial charge in [-0.25, -0.2) is 17.1 Å². The standard InChI is InChI=1S/C10H9BrFNO3S/c11-8-6-7(12)3-4-9(8)17(15,16)13-5-1-2-10(13)14/h3-4,6H,1-2,5H2. The van der Waals surface area contributed by atoms with Crippen LogP contribution < -0.4 is 0 Å². The fourth-order valence-corrected chi connectivity index (χ4v) is 4.16. The molecule has 1 amide bonds. The van der Waals surface area contributed by atoms with Crippen molar-refractivity contribution in [3.63, 3.8) is 0 Å². The van der Waals surface area contributed by atoms with E-state index in [1.54, 1.807) is 0 Å². The topological polar surface area (TPSA) is 54.5 Å². The van der Waals surface area contributed by atoms with Crippen molar-refractivity contribution in [1.29, 1.82) is 0 Å². The molecule has 0 unspecified atom stereocenters. The van der Waals surface area contributed by atoms with E-state index in [1.807, 2.05) is 0 Å². The number of sulfonamides is 1. The zero-order valence-corrected chi connectivity index (χ0v) is 11.1. The molecule has 0 radical (unpaired) electrons. The summed E-state index contributed by atoms with van der Waals surface area (Å²) in [6.07, 6.45) is 0.759. The quantitative estimate of drug-likeness (QED) is 0.836.